The predicted molar refractivity (Wildman–Crippen MR) is 81.4 cm³/mol. The topological polar surface area (TPSA) is 56.1 Å². The van der Waals surface area contributed by atoms with Crippen molar-refractivity contribution in [1.29, 1.82) is 0 Å². The molecule has 0 amide bonds. The summed E-state index contributed by atoms with van der Waals surface area (Å²) in [7, 11) is 0. The van der Waals surface area contributed by atoms with Crippen molar-refractivity contribution in [3.8, 4) is 0 Å². The number of thiazole rings is 1. The lowest BCUT2D eigenvalue weighted by atomic mass is 10.2. The van der Waals surface area contributed by atoms with E-state index in [4.69, 9.17) is 4.74 Å². The molecule has 1 fully saturated rings. The summed E-state index contributed by atoms with van der Waals surface area (Å²) >= 11 is 1.77. The van der Waals surface area contributed by atoms with E-state index in [1.165, 1.54) is 4.88 Å². The summed E-state index contributed by atoms with van der Waals surface area (Å²) in [6.07, 6.45) is 2.16. The molecule has 1 aliphatic rings. The minimum Gasteiger partial charge on any atom is -0.374 e. The highest BCUT2D eigenvalue weighted by Gasteiger charge is 2.22. The lowest BCUT2D eigenvalue weighted by molar-refractivity contribution is -0.0402. The molecule has 114 valence electrons. The highest BCUT2D eigenvalue weighted by molar-refractivity contribution is 7.11. The smallest absolute Gasteiger partial charge is 0.147 e. The molecule has 1 aliphatic heterocycles. The zero-order chi connectivity index (χ0) is 14.8. The van der Waals surface area contributed by atoms with Gasteiger partial charge in [0.1, 0.15) is 11.6 Å². The van der Waals surface area contributed by atoms with Crippen LogP contribution in [0.1, 0.15) is 21.5 Å². The number of morpholine rings is 1. The van der Waals surface area contributed by atoms with Gasteiger partial charge in [0.2, 0.25) is 0 Å². The molecule has 3 heterocycles. The van der Waals surface area contributed by atoms with E-state index in [0.717, 1.165) is 49.4 Å². The molecule has 0 aromatic carbocycles. The summed E-state index contributed by atoms with van der Waals surface area (Å²) in [5.41, 5.74) is 0. The molecule has 21 heavy (non-hydrogen) atoms. The molecule has 1 atom stereocenters. The molecule has 0 N–H and O–H groups in total. The van der Waals surface area contributed by atoms with Crippen molar-refractivity contribution in [2.24, 2.45) is 0 Å². The second-order valence-electron chi connectivity index (χ2n) is 5.46. The molecule has 0 spiro atoms. The Bertz CT molecular complexity index is 608. The van der Waals surface area contributed by atoms with Gasteiger partial charge < -0.3 is 4.74 Å². The van der Waals surface area contributed by atoms with E-state index in [-0.39, 0.29) is 6.10 Å². The zero-order valence-corrected chi connectivity index (χ0v) is 13.6. The van der Waals surface area contributed by atoms with Gasteiger partial charge in [-0.2, -0.15) is 5.10 Å². The second kappa shape index (κ2) is 6.21. The molecular formula is C14H21N5OS. The molecule has 7 heteroatoms. The Morgan fingerprint density at radius 2 is 2.24 bits per heavy atom. The van der Waals surface area contributed by atoms with Crippen LogP contribution in [0.25, 0.3) is 0 Å². The SMILES string of the molecule is Cc1nc(C)n(C[C@H]2CN(Cc3cnc(C)s3)CCO2)n1. The number of ether oxygens (including phenoxy) is 1. The Labute approximate surface area is 128 Å². The minimum absolute atomic E-state index is 0.174. The van der Waals surface area contributed by atoms with Crippen LogP contribution in [-0.2, 0) is 17.8 Å². The number of rotatable bonds is 4. The quantitative estimate of drug-likeness (QED) is 0.858. The van der Waals surface area contributed by atoms with Crippen LogP contribution in [0.2, 0.25) is 0 Å². The van der Waals surface area contributed by atoms with Crippen molar-refractivity contribution < 1.29 is 4.74 Å². The van der Waals surface area contributed by atoms with Gasteiger partial charge in [-0.25, -0.2) is 14.6 Å². The molecule has 2 aromatic rings. The van der Waals surface area contributed by atoms with Crippen LogP contribution in [0.3, 0.4) is 0 Å². The van der Waals surface area contributed by atoms with E-state index in [1.54, 1.807) is 11.3 Å². The van der Waals surface area contributed by atoms with Crippen molar-refractivity contribution in [2.45, 2.75) is 40.0 Å². The molecule has 0 unspecified atom stereocenters. The number of hydrogen-bond donors (Lipinski definition) is 0. The van der Waals surface area contributed by atoms with Crippen molar-refractivity contribution >= 4 is 11.3 Å². The van der Waals surface area contributed by atoms with Gasteiger partial charge in [0, 0.05) is 30.7 Å². The summed E-state index contributed by atoms with van der Waals surface area (Å²) in [5.74, 6) is 1.77. The monoisotopic (exact) mass is 307 g/mol. The van der Waals surface area contributed by atoms with E-state index in [0.29, 0.717) is 0 Å². The lowest BCUT2D eigenvalue weighted by Crippen LogP contribution is -2.43. The first-order valence-electron chi connectivity index (χ1n) is 7.23. The maximum atomic E-state index is 5.88. The molecule has 6 nitrogen and oxygen atoms in total. The maximum absolute atomic E-state index is 5.88. The molecule has 1 saturated heterocycles. The largest absolute Gasteiger partial charge is 0.374 e. The third-order valence-electron chi connectivity index (χ3n) is 3.61. The molecule has 0 bridgehead atoms. The van der Waals surface area contributed by atoms with E-state index in [9.17, 15) is 0 Å². The minimum atomic E-state index is 0.174. The van der Waals surface area contributed by atoms with Gasteiger partial charge in [-0.3, -0.25) is 4.90 Å². The van der Waals surface area contributed by atoms with Crippen LogP contribution in [0, 0.1) is 20.8 Å². The number of aryl methyl sites for hydroxylation is 3. The zero-order valence-electron chi connectivity index (χ0n) is 12.7. The molecule has 0 aliphatic carbocycles. The Morgan fingerprint density at radius 1 is 1.38 bits per heavy atom. The van der Waals surface area contributed by atoms with Crippen molar-refractivity contribution in [3.05, 3.63) is 27.7 Å². The summed E-state index contributed by atoms with van der Waals surface area (Å²) in [5, 5.41) is 5.54. The molecule has 0 saturated carbocycles. The third kappa shape index (κ3) is 3.66. The Hall–Kier alpha value is -1.31. The van der Waals surface area contributed by atoms with Crippen LogP contribution in [0.15, 0.2) is 6.20 Å². The molecule has 3 rings (SSSR count). The van der Waals surface area contributed by atoms with Gasteiger partial charge in [-0.15, -0.1) is 11.3 Å². The van der Waals surface area contributed by atoms with Crippen LogP contribution in [0.4, 0.5) is 0 Å². The lowest BCUT2D eigenvalue weighted by Gasteiger charge is -2.32. The average Bonchev–Trinajstić information content (AvgIpc) is 2.96. The summed E-state index contributed by atoms with van der Waals surface area (Å²) in [6.45, 7) is 10.4. The molecule has 2 aromatic heterocycles. The van der Waals surface area contributed by atoms with Gasteiger partial charge in [0.15, 0.2) is 0 Å². The van der Waals surface area contributed by atoms with E-state index in [1.807, 2.05) is 31.6 Å². The number of nitrogens with zero attached hydrogens (tertiary/aromatic N) is 5. The highest BCUT2D eigenvalue weighted by atomic mass is 32.1. The van der Waals surface area contributed by atoms with Crippen molar-refractivity contribution in [3.63, 3.8) is 0 Å². The maximum Gasteiger partial charge on any atom is 0.147 e. The second-order valence-corrected chi connectivity index (χ2v) is 6.78. The molecule has 0 radical (unpaired) electrons. The Morgan fingerprint density at radius 3 is 2.90 bits per heavy atom. The van der Waals surface area contributed by atoms with Gasteiger partial charge in [-0.1, -0.05) is 0 Å². The average molecular weight is 307 g/mol. The van der Waals surface area contributed by atoms with E-state index < -0.39 is 0 Å². The van der Waals surface area contributed by atoms with Crippen LogP contribution < -0.4 is 0 Å². The number of aromatic nitrogens is 4. The summed E-state index contributed by atoms with van der Waals surface area (Å²) < 4.78 is 7.82. The van der Waals surface area contributed by atoms with Crippen LogP contribution in [-0.4, -0.2) is 50.4 Å². The van der Waals surface area contributed by atoms with E-state index in [2.05, 4.69) is 20.0 Å². The van der Waals surface area contributed by atoms with Crippen molar-refractivity contribution in [1.82, 2.24) is 24.6 Å². The summed E-state index contributed by atoms with van der Waals surface area (Å²) in [4.78, 5) is 12.4. The Balaban J connectivity index is 1.59. The number of hydrogen-bond acceptors (Lipinski definition) is 6. The molecular weight excluding hydrogens is 286 g/mol. The van der Waals surface area contributed by atoms with E-state index >= 15 is 0 Å². The van der Waals surface area contributed by atoms with Gasteiger partial charge in [0.25, 0.3) is 0 Å². The Kier molecular flexibility index (Phi) is 4.32. The third-order valence-corrected chi connectivity index (χ3v) is 4.51. The van der Waals surface area contributed by atoms with Gasteiger partial charge in [-0.05, 0) is 20.8 Å². The fraction of sp³-hybridized carbons (Fsp3) is 0.643. The predicted octanol–water partition coefficient (Wildman–Crippen LogP) is 1.56. The fourth-order valence-electron chi connectivity index (χ4n) is 2.66. The highest BCUT2D eigenvalue weighted by Crippen LogP contribution is 2.17. The van der Waals surface area contributed by atoms with Crippen LogP contribution >= 0.6 is 11.3 Å². The standard InChI is InChI=1S/C14H21N5OS/c1-10-16-11(2)19(17-10)8-13-7-18(4-5-20-13)9-14-6-15-12(3)21-14/h6,13H,4-5,7-9H2,1-3H3/t13-/m1/s1. The summed E-state index contributed by atoms with van der Waals surface area (Å²) in [6, 6.07) is 0. The van der Waals surface area contributed by atoms with Gasteiger partial charge in [0.05, 0.1) is 24.3 Å². The van der Waals surface area contributed by atoms with Crippen molar-refractivity contribution in [2.75, 3.05) is 19.7 Å². The first-order valence-corrected chi connectivity index (χ1v) is 8.05. The van der Waals surface area contributed by atoms with Gasteiger partial charge >= 0.3 is 0 Å². The fourth-order valence-corrected chi connectivity index (χ4v) is 3.50. The van der Waals surface area contributed by atoms with Crippen LogP contribution in [0.5, 0.6) is 0 Å². The first kappa shape index (κ1) is 14.6. The first-order chi connectivity index (χ1) is 10.1. The normalized spacial score (nSPS) is 20.0.